The molecule has 0 saturated carbocycles. The number of carbonyl (C=O) groups is 1. The van der Waals surface area contributed by atoms with Crippen LogP contribution in [-0.4, -0.2) is 44.9 Å². The molecule has 1 saturated heterocycles. The van der Waals surface area contributed by atoms with Gasteiger partial charge in [0.25, 0.3) is 5.91 Å². The van der Waals surface area contributed by atoms with Gasteiger partial charge in [-0.05, 0) is 54.7 Å². The molecule has 2 aromatic carbocycles. The van der Waals surface area contributed by atoms with E-state index in [0.29, 0.717) is 43.4 Å². The Morgan fingerprint density at radius 1 is 1.00 bits per heavy atom. The van der Waals surface area contributed by atoms with Crippen LogP contribution < -0.4 is 14.8 Å². The summed E-state index contributed by atoms with van der Waals surface area (Å²) in [5, 5.41) is 3.06. The summed E-state index contributed by atoms with van der Waals surface area (Å²) in [7, 11) is -3.58. The van der Waals surface area contributed by atoms with E-state index in [9.17, 15) is 13.2 Å². The molecule has 166 valence electrons. The van der Waals surface area contributed by atoms with Crippen molar-refractivity contribution in [3.63, 3.8) is 0 Å². The van der Waals surface area contributed by atoms with Crippen molar-refractivity contribution in [2.45, 2.75) is 37.6 Å². The zero-order valence-corrected chi connectivity index (χ0v) is 18.7. The van der Waals surface area contributed by atoms with Gasteiger partial charge in [0.2, 0.25) is 10.0 Å². The minimum Gasteiger partial charge on any atom is -0.486 e. The number of nitrogens with one attached hydrogen (secondary N) is 1. The molecule has 0 aromatic heterocycles. The van der Waals surface area contributed by atoms with E-state index in [1.165, 1.54) is 10.4 Å². The fourth-order valence-electron chi connectivity index (χ4n) is 3.99. The van der Waals surface area contributed by atoms with Crippen molar-refractivity contribution in [1.29, 1.82) is 0 Å². The van der Waals surface area contributed by atoms with Gasteiger partial charge < -0.3 is 14.8 Å². The largest absolute Gasteiger partial charge is 0.486 e. The molecule has 2 aliphatic rings. The second-order valence-electron chi connectivity index (χ2n) is 8.24. The van der Waals surface area contributed by atoms with E-state index in [1.54, 1.807) is 18.2 Å². The monoisotopic (exact) mass is 444 g/mol. The van der Waals surface area contributed by atoms with Crippen LogP contribution in [0.1, 0.15) is 48.7 Å². The average Bonchev–Trinajstić information content (AvgIpc) is 3.33. The molecule has 2 aliphatic heterocycles. The van der Waals surface area contributed by atoms with Crippen LogP contribution in [0.5, 0.6) is 11.5 Å². The van der Waals surface area contributed by atoms with Crippen molar-refractivity contribution in [3.05, 3.63) is 53.6 Å². The van der Waals surface area contributed by atoms with Gasteiger partial charge in [-0.25, -0.2) is 8.42 Å². The smallest absolute Gasteiger partial charge is 0.251 e. The average molecular weight is 445 g/mol. The minimum atomic E-state index is -3.58. The first-order chi connectivity index (χ1) is 14.9. The first kappa shape index (κ1) is 21.6. The molecule has 0 spiro atoms. The van der Waals surface area contributed by atoms with Crippen LogP contribution in [0.25, 0.3) is 0 Å². The number of rotatable bonds is 6. The van der Waals surface area contributed by atoms with Gasteiger partial charge in [0, 0.05) is 18.7 Å². The number of ether oxygens (including phenoxy) is 2. The predicted molar refractivity (Wildman–Crippen MR) is 117 cm³/mol. The highest BCUT2D eigenvalue weighted by atomic mass is 32.2. The van der Waals surface area contributed by atoms with Crippen LogP contribution in [0.4, 0.5) is 0 Å². The number of amides is 1. The molecule has 1 amide bonds. The molecule has 0 aliphatic carbocycles. The number of sulfonamides is 1. The lowest BCUT2D eigenvalue weighted by atomic mass is 9.95. The molecule has 0 unspecified atom stereocenters. The van der Waals surface area contributed by atoms with Crippen molar-refractivity contribution >= 4 is 15.9 Å². The third-order valence-corrected chi connectivity index (χ3v) is 7.57. The minimum absolute atomic E-state index is 0.114. The van der Waals surface area contributed by atoms with Crippen LogP contribution in [-0.2, 0) is 10.0 Å². The summed E-state index contributed by atoms with van der Waals surface area (Å²) in [5.74, 6) is 1.17. The van der Waals surface area contributed by atoms with E-state index in [4.69, 9.17) is 9.47 Å². The molecule has 1 fully saturated rings. The summed E-state index contributed by atoms with van der Waals surface area (Å²) in [5.41, 5.74) is 1.23. The summed E-state index contributed by atoms with van der Waals surface area (Å²) < 4.78 is 38.5. The Hall–Kier alpha value is -2.58. The highest BCUT2D eigenvalue weighted by molar-refractivity contribution is 7.89. The zero-order chi connectivity index (χ0) is 22.0. The summed E-state index contributed by atoms with van der Waals surface area (Å²) in [4.78, 5) is 13.2. The molecule has 0 bridgehead atoms. The van der Waals surface area contributed by atoms with E-state index < -0.39 is 10.0 Å². The second kappa shape index (κ2) is 8.88. The lowest BCUT2D eigenvalue weighted by Crippen LogP contribution is -2.32. The Labute approximate surface area is 183 Å². The van der Waals surface area contributed by atoms with E-state index in [1.807, 2.05) is 32.0 Å². The third kappa shape index (κ3) is 4.55. The normalized spacial score (nSPS) is 17.5. The lowest BCUT2D eigenvalue weighted by Gasteiger charge is -2.25. The lowest BCUT2D eigenvalue weighted by molar-refractivity contribution is 0.0925. The van der Waals surface area contributed by atoms with Crippen molar-refractivity contribution in [2.24, 2.45) is 5.92 Å². The number of benzene rings is 2. The van der Waals surface area contributed by atoms with Crippen molar-refractivity contribution < 1.29 is 22.7 Å². The Balaban J connectivity index is 1.56. The van der Waals surface area contributed by atoms with Gasteiger partial charge in [-0.15, -0.1) is 0 Å². The van der Waals surface area contributed by atoms with Crippen LogP contribution in [0.15, 0.2) is 47.4 Å². The van der Waals surface area contributed by atoms with Crippen LogP contribution >= 0.6 is 0 Å². The molecule has 7 nitrogen and oxygen atoms in total. The third-order valence-electron chi connectivity index (χ3n) is 5.68. The van der Waals surface area contributed by atoms with Crippen molar-refractivity contribution in [3.8, 4) is 11.5 Å². The SMILES string of the molecule is CC(C)[C@H](NC(=O)c1cccc(S(=O)(=O)N2CCCC2)c1)c1ccc2c(c1)OCCO2. The Morgan fingerprint density at radius 3 is 2.42 bits per heavy atom. The van der Waals surface area contributed by atoms with E-state index in [2.05, 4.69) is 5.32 Å². The first-order valence-corrected chi connectivity index (χ1v) is 12.1. The maximum Gasteiger partial charge on any atom is 0.251 e. The summed E-state index contributed by atoms with van der Waals surface area (Å²) >= 11 is 0. The number of nitrogens with zero attached hydrogens (tertiary/aromatic N) is 1. The van der Waals surface area contributed by atoms with E-state index in [-0.39, 0.29) is 22.8 Å². The molecule has 0 radical (unpaired) electrons. The molecule has 2 aromatic rings. The summed E-state index contributed by atoms with van der Waals surface area (Å²) in [6.45, 7) is 6.11. The summed E-state index contributed by atoms with van der Waals surface area (Å²) in [6, 6.07) is 11.7. The van der Waals surface area contributed by atoms with Gasteiger partial charge in [0.1, 0.15) is 13.2 Å². The first-order valence-electron chi connectivity index (χ1n) is 10.7. The van der Waals surface area contributed by atoms with Crippen molar-refractivity contribution in [1.82, 2.24) is 9.62 Å². The second-order valence-corrected chi connectivity index (χ2v) is 10.2. The van der Waals surface area contributed by atoms with Gasteiger partial charge in [0.15, 0.2) is 11.5 Å². The van der Waals surface area contributed by atoms with Crippen LogP contribution in [0.3, 0.4) is 0 Å². The number of hydrogen-bond acceptors (Lipinski definition) is 5. The topological polar surface area (TPSA) is 84.9 Å². The number of fused-ring (bicyclic) bond motifs is 1. The molecule has 4 rings (SSSR count). The zero-order valence-electron chi connectivity index (χ0n) is 17.8. The molecular weight excluding hydrogens is 416 g/mol. The van der Waals surface area contributed by atoms with Gasteiger partial charge in [-0.2, -0.15) is 4.31 Å². The number of carbonyl (C=O) groups excluding carboxylic acids is 1. The molecule has 31 heavy (non-hydrogen) atoms. The Kier molecular flexibility index (Phi) is 6.20. The van der Waals surface area contributed by atoms with Gasteiger partial charge in [0.05, 0.1) is 10.9 Å². The van der Waals surface area contributed by atoms with Gasteiger partial charge in [-0.3, -0.25) is 4.79 Å². The number of hydrogen-bond donors (Lipinski definition) is 1. The standard InChI is InChI=1S/C23H28N2O5S/c1-16(2)22(17-8-9-20-21(15-17)30-13-12-29-20)24-23(26)18-6-5-7-19(14-18)31(27,28)25-10-3-4-11-25/h5-9,14-16,22H,3-4,10-13H2,1-2H3,(H,24,26)/t22-/m0/s1. The molecule has 2 heterocycles. The fourth-order valence-corrected chi connectivity index (χ4v) is 5.55. The highest BCUT2D eigenvalue weighted by Gasteiger charge is 2.28. The van der Waals surface area contributed by atoms with Gasteiger partial charge >= 0.3 is 0 Å². The van der Waals surface area contributed by atoms with Crippen molar-refractivity contribution in [2.75, 3.05) is 26.3 Å². The Morgan fingerprint density at radius 2 is 1.71 bits per heavy atom. The Bertz CT molecular complexity index is 1060. The fraction of sp³-hybridized carbons (Fsp3) is 0.435. The summed E-state index contributed by atoms with van der Waals surface area (Å²) in [6.07, 6.45) is 1.73. The molecular formula is C23H28N2O5S. The predicted octanol–water partition coefficient (Wildman–Crippen LogP) is 3.37. The maximum absolute atomic E-state index is 13.0. The van der Waals surface area contributed by atoms with Crippen LogP contribution in [0.2, 0.25) is 0 Å². The molecule has 8 heteroatoms. The molecule has 1 N–H and O–H groups in total. The van der Waals surface area contributed by atoms with Gasteiger partial charge in [-0.1, -0.05) is 26.0 Å². The molecule has 1 atom stereocenters. The quantitative estimate of drug-likeness (QED) is 0.738. The van der Waals surface area contributed by atoms with E-state index in [0.717, 1.165) is 18.4 Å². The highest BCUT2D eigenvalue weighted by Crippen LogP contribution is 2.34. The van der Waals surface area contributed by atoms with E-state index >= 15 is 0 Å². The maximum atomic E-state index is 13.0. The van der Waals surface area contributed by atoms with Crippen LogP contribution in [0, 0.1) is 5.92 Å².